The predicted octanol–water partition coefficient (Wildman–Crippen LogP) is 5.85. The highest BCUT2D eigenvalue weighted by molar-refractivity contribution is 7.92. The quantitative estimate of drug-likeness (QED) is 0.148. The SMILES string of the molecule is Cn1nc(NS(C)(=O)=O)c2c(Cl)ccc(-n3c(C(Cc4cc(F)cc(F)c4)NC(=O)CN=C4C(=C(N)C(F)F)C5(C)C[C@H]5C4(F)F)nc4c(F)cc(F)cc4c3=O)c21. The van der Waals surface area contributed by atoms with Crippen molar-refractivity contribution in [3.8, 4) is 5.69 Å². The van der Waals surface area contributed by atoms with E-state index in [1.807, 2.05) is 0 Å². The maximum absolute atomic E-state index is 15.5. The molecule has 2 aliphatic carbocycles. The number of alkyl halides is 4. The van der Waals surface area contributed by atoms with E-state index in [9.17, 15) is 40.0 Å². The minimum absolute atomic E-state index is 0.0558. The maximum atomic E-state index is 15.5. The lowest BCUT2D eigenvalue weighted by molar-refractivity contribution is -0.120. The van der Waals surface area contributed by atoms with E-state index in [0.717, 1.165) is 27.6 Å². The van der Waals surface area contributed by atoms with Gasteiger partial charge in [0.25, 0.3) is 17.9 Å². The zero-order valence-electron chi connectivity index (χ0n) is 30.2. The lowest BCUT2D eigenvalue weighted by Crippen LogP contribution is -2.38. The number of amides is 1. The molecule has 5 aromatic rings. The van der Waals surface area contributed by atoms with Gasteiger partial charge < -0.3 is 11.1 Å². The number of carbonyl (C=O) groups is 1. The Morgan fingerprint density at radius 1 is 1.09 bits per heavy atom. The Morgan fingerprint density at radius 2 is 1.74 bits per heavy atom. The van der Waals surface area contributed by atoms with Gasteiger partial charge in [0.05, 0.1) is 45.0 Å². The van der Waals surface area contributed by atoms with E-state index in [4.69, 9.17) is 17.3 Å². The van der Waals surface area contributed by atoms with Crippen LogP contribution in [-0.4, -0.2) is 64.5 Å². The molecule has 7 rings (SSSR count). The van der Waals surface area contributed by atoms with E-state index in [-0.39, 0.29) is 39.4 Å². The number of aromatic nitrogens is 4. The largest absolute Gasteiger partial charge is 0.397 e. The molecular formula is C36H29ClF8N8O4S. The number of allylic oxidation sites excluding steroid dienone is 2. The Kier molecular flexibility index (Phi) is 9.85. The summed E-state index contributed by atoms with van der Waals surface area (Å²) in [4.78, 5) is 36.2. The molecule has 12 nitrogen and oxygen atoms in total. The molecule has 2 aromatic heterocycles. The maximum Gasteiger partial charge on any atom is 0.293 e. The van der Waals surface area contributed by atoms with Crippen LogP contribution in [0.4, 0.5) is 40.9 Å². The summed E-state index contributed by atoms with van der Waals surface area (Å²) < 4.78 is 146. The lowest BCUT2D eigenvalue weighted by atomic mass is 9.95. The van der Waals surface area contributed by atoms with Crippen molar-refractivity contribution in [2.24, 2.45) is 29.1 Å². The number of anilines is 1. The number of fused-ring (bicyclic) bond motifs is 3. The highest BCUT2D eigenvalue weighted by Crippen LogP contribution is 2.71. The molecule has 0 spiro atoms. The molecule has 3 atom stereocenters. The fraction of sp³-hybridized carbons (Fsp3) is 0.306. The molecule has 0 aliphatic heterocycles. The van der Waals surface area contributed by atoms with Gasteiger partial charge in [-0.1, -0.05) is 18.5 Å². The Bertz CT molecular complexity index is 2810. The van der Waals surface area contributed by atoms with Crippen molar-refractivity contribution in [1.82, 2.24) is 24.6 Å². The molecule has 1 amide bonds. The summed E-state index contributed by atoms with van der Waals surface area (Å²) in [6, 6.07) is 4.12. The van der Waals surface area contributed by atoms with Gasteiger partial charge in [-0.05, 0) is 42.3 Å². The van der Waals surface area contributed by atoms with Gasteiger partial charge in [-0.2, -0.15) is 13.9 Å². The fourth-order valence-electron chi connectivity index (χ4n) is 7.58. The summed E-state index contributed by atoms with van der Waals surface area (Å²) in [5.41, 5.74) is -0.999. The average molecular weight is 857 g/mol. The molecule has 58 heavy (non-hydrogen) atoms. The van der Waals surface area contributed by atoms with Crippen LogP contribution in [-0.2, 0) is 28.3 Å². The number of aliphatic imine (C=N–C) groups is 1. The Balaban J connectivity index is 1.44. The average Bonchev–Trinajstić information content (AvgIpc) is 3.65. The number of rotatable bonds is 10. The second kappa shape index (κ2) is 14.1. The minimum Gasteiger partial charge on any atom is -0.397 e. The van der Waals surface area contributed by atoms with E-state index >= 15 is 13.2 Å². The van der Waals surface area contributed by atoms with Gasteiger partial charge in [0.1, 0.15) is 41.0 Å². The van der Waals surface area contributed by atoms with Crippen LogP contribution in [0.5, 0.6) is 0 Å². The van der Waals surface area contributed by atoms with Crippen molar-refractivity contribution in [1.29, 1.82) is 0 Å². The first kappa shape index (κ1) is 40.6. The highest BCUT2D eigenvalue weighted by atomic mass is 35.5. The fourth-order valence-corrected chi connectivity index (χ4v) is 8.31. The van der Waals surface area contributed by atoms with Crippen LogP contribution in [0.1, 0.15) is 30.8 Å². The normalized spacial score (nSPS) is 20.8. The monoisotopic (exact) mass is 856 g/mol. The molecule has 2 fully saturated rings. The van der Waals surface area contributed by atoms with Gasteiger partial charge in [0.15, 0.2) is 11.6 Å². The third kappa shape index (κ3) is 7.03. The summed E-state index contributed by atoms with van der Waals surface area (Å²) in [6.45, 7) is 0.172. The minimum atomic E-state index is -3.97. The summed E-state index contributed by atoms with van der Waals surface area (Å²) in [6.07, 6.45) is -3.27. The lowest BCUT2D eigenvalue weighted by Gasteiger charge is -2.24. The third-order valence-corrected chi connectivity index (χ3v) is 10.9. The van der Waals surface area contributed by atoms with Crippen LogP contribution >= 0.6 is 11.6 Å². The first-order valence-electron chi connectivity index (χ1n) is 17.0. The predicted molar refractivity (Wildman–Crippen MR) is 197 cm³/mol. The van der Waals surface area contributed by atoms with Crippen LogP contribution in [0.2, 0.25) is 5.02 Å². The van der Waals surface area contributed by atoms with Crippen LogP contribution in [0.25, 0.3) is 27.5 Å². The smallest absolute Gasteiger partial charge is 0.293 e. The van der Waals surface area contributed by atoms with E-state index in [0.29, 0.717) is 18.2 Å². The molecule has 2 aliphatic rings. The number of nitrogens with zero attached hydrogens (tertiary/aromatic N) is 5. The number of nitrogens with two attached hydrogens (primary N) is 1. The van der Waals surface area contributed by atoms with E-state index in [1.54, 1.807) is 0 Å². The van der Waals surface area contributed by atoms with Gasteiger partial charge in [-0.25, -0.2) is 39.7 Å². The third-order valence-electron chi connectivity index (χ3n) is 10.1. The molecule has 0 saturated heterocycles. The Morgan fingerprint density at radius 3 is 2.38 bits per heavy atom. The summed E-state index contributed by atoms with van der Waals surface area (Å²) >= 11 is 6.49. The number of hydrogen-bond donors (Lipinski definition) is 3. The van der Waals surface area contributed by atoms with Gasteiger partial charge in [0.2, 0.25) is 15.9 Å². The first-order chi connectivity index (χ1) is 27.0. The molecule has 2 saturated carbocycles. The van der Waals surface area contributed by atoms with Crippen LogP contribution in [0.3, 0.4) is 0 Å². The van der Waals surface area contributed by atoms with Gasteiger partial charge >= 0.3 is 0 Å². The number of aryl methyl sites for hydroxylation is 1. The summed E-state index contributed by atoms with van der Waals surface area (Å²) in [5.74, 6) is -11.9. The zero-order valence-corrected chi connectivity index (χ0v) is 31.7. The Labute approximate surface area is 327 Å². The second-order valence-electron chi connectivity index (χ2n) is 14.2. The van der Waals surface area contributed by atoms with Crippen LogP contribution in [0.15, 0.2) is 63.5 Å². The number of hydrogen-bond acceptors (Lipinski definition) is 8. The van der Waals surface area contributed by atoms with Crippen molar-refractivity contribution >= 4 is 60.9 Å². The summed E-state index contributed by atoms with van der Waals surface area (Å²) in [7, 11) is -2.63. The standard InChI is InChI=1S/C36H29ClF8N8O4S/c1-35-12-23(35)36(44,45)30(26(35)27(46)31(42)43)47-13-24(54)48-21(8-14-6-15(38)9-16(39)7-14)33-49-28-18(10-17(40)11-20(28)41)34(55)53(33)22-5-4-19(37)25-29(22)52(2)50-32(25)51-58(3,56)57/h4-7,9-11,21,23,31H,8,12-13,46H2,1-3H3,(H,48,54)(H,50,51)/t21?,23-,35?/m1/s1. The van der Waals surface area contributed by atoms with Crippen molar-refractivity contribution in [2.45, 2.75) is 38.2 Å². The number of sulfonamides is 1. The van der Waals surface area contributed by atoms with Crippen molar-refractivity contribution < 1.29 is 48.3 Å². The molecule has 3 aromatic carbocycles. The number of halogens is 9. The van der Waals surface area contributed by atoms with Crippen molar-refractivity contribution in [3.63, 3.8) is 0 Å². The first-order valence-corrected chi connectivity index (χ1v) is 19.3. The molecule has 0 bridgehead atoms. The highest BCUT2D eigenvalue weighted by Gasteiger charge is 2.75. The molecule has 306 valence electrons. The molecule has 0 radical (unpaired) electrons. The van der Waals surface area contributed by atoms with Gasteiger partial charge in [0, 0.05) is 42.5 Å². The van der Waals surface area contributed by atoms with Crippen molar-refractivity contribution in [3.05, 3.63) is 104 Å². The molecular weight excluding hydrogens is 828 g/mol. The van der Waals surface area contributed by atoms with E-state index in [2.05, 4.69) is 25.1 Å². The van der Waals surface area contributed by atoms with Crippen LogP contribution in [0, 0.1) is 34.6 Å². The van der Waals surface area contributed by atoms with E-state index < -0.39 is 121 Å². The van der Waals surface area contributed by atoms with Crippen molar-refractivity contribution in [2.75, 3.05) is 17.5 Å². The Hall–Kier alpha value is -5.57. The number of carbonyl (C=O) groups excluding carboxylic acids is 1. The molecule has 2 unspecified atom stereocenters. The van der Waals surface area contributed by atoms with Gasteiger partial charge in [-0.3, -0.25) is 28.6 Å². The second-order valence-corrected chi connectivity index (χ2v) is 16.4. The molecule has 2 heterocycles. The topological polar surface area (TPSA) is 166 Å². The number of nitrogens with one attached hydrogen (secondary N) is 2. The molecule has 22 heteroatoms. The number of benzene rings is 3. The summed E-state index contributed by atoms with van der Waals surface area (Å²) in [5, 5.41) is 5.83. The van der Waals surface area contributed by atoms with Crippen LogP contribution < -0.4 is 21.3 Å². The van der Waals surface area contributed by atoms with Gasteiger partial charge in [-0.15, -0.1) is 0 Å². The molecule has 4 N–H and O–H groups in total. The van der Waals surface area contributed by atoms with E-state index in [1.165, 1.54) is 26.1 Å². The zero-order chi connectivity index (χ0) is 42.4.